The maximum Gasteiger partial charge on any atom is 0.241 e. The summed E-state index contributed by atoms with van der Waals surface area (Å²) >= 11 is 12.6. The molecule has 3 aromatic rings. The molecule has 10 heteroatoms. The standard InChI is InChI=1S/C25H25Cl2N3O4S/c1-3-34-20-10-7-17(8-11-20)25-14-19(29-30(25)24-12-9-18(26)13-23(24)27)16-28-35(31,32)22-6-4-5-21(15-22)33-2/h4-13,15,25,28H,3,14,16H2,1-2H3. The number of sulfonamides is 1. The molecule has 0 aromatic heterocycles. The Bertz CT molecular complexity index is 1330. The van der Waals surface area contributed by atoms with Crippen LogP contribution in [0.2, 0.25) is 10.0 Å². The van der Waals surface area contributed by atoms with Gasteiger partial charge in [-0.15, -0.1) is 0 Å². The minimum atomic E-state index is -3.76. The Balaban J connectivity index is 1.59. The number of benzene rings is 3. The first-order valence-corrected chi connectivity index (χ1v) is 13.2. The first-order valence-electron chi connectivity index (χ1n) is 11.0. The van der Waals surface area contributed by atoms with Gasteiger partial charge in [-0.2, -0.15) is 5.10 Å². The topological polar surface area (TPSA) is 80.2 Å². The zero-order valence-corrected chi connectivity index (χ0v) is 21.6. The zero-order valence-electron chi connectivity index (χ0n) is 19.2. The molecule has 0 amide bonds. The lowest BCUT2D eigenvalue weighted by molar-refractivity contribution is 0.340. The van der Waals surface area contributed by atoms with Gasteiger partial charge in [0.05, 0.1) is 47.6 Å². The highest BCUT2D eigenvalue weighted by Gasteiger charge is 2.31. The fourth-order valence-electron chi connectivity index (χ4n) is 3.81. The first-order chi connectivity index (χ1) is 16.8. The van der Waals surface area contributed by atoms with Crippen LogP contribution in [0.3, 0.4) is 0 Å². The van der Waals surface area contributed by atoms with Crippen molar-refractivity contribution in [3.63, 3.8) is 0 Å². The van der Waals surface area contributed by atoms with E-state index in [4.69, 9.17) is 37.8 Å². The fourth-order valence-corrected chi connectivity index (χ4v) is 5.36. The summed E-state index contributed by atoms with van der Waals surface area (Å²) in [5, 5.41) is 7.52. The van der Waals surface area contributed by atoms with Gasteiger partial charge < -0.3 is 9.47 Å². The number of rotatable bonds is 9. The normalized spacial score (nSPS) is 15.7. The van der Waals surface area contributed by atoms with Gasteiger partial charge in [-0.25, -0.2) is 13.1 Å². The molecule has 1 atom stereocenters. The lowest BCUT2D eigenvalue weighted by atomic mass is 10.0. The van der Waals surface area contributed by atoms with E-state index >= 15 is 0 Å². The maximum atomic E-state index is 12.9. The number of anilines is 1. The smallest absolute Gasteiger partial charge is 0.241 e. The van der Waals surface area contributed by atoms with E-state index in [-0.39, 0.29) is 17.5 Å². The quantitative estimate of drug-likeness (QED) is 0.382. The molecule has 4 rings (SSSR count). The van der Waals surface area contributed by atoms with Crippen molar-refractivity contribution in [2.75, 3.05) is 25.3 Å². The molecule has 3 aromatic carbocycles. The average Bonchev–Trinajstić information content (AvgIpc) is 3.27. The monoisotopic (exact) mass is 533 g/mol. The highest BCUT2D eigenvalue weighted by Crippen LogP contribution is 2.40. The number of nitrogens with one attached hydrogen (secondary N) is 1. The third kappa shape index (κ3) is 5.90. The average molecular weight is 534 g/mol. The number of ether oxygens (including phenoxy) is 2. The third-order valence-corrected chi connectivity index (χ3v) is 7.46. The second-order valence-corrected chi connectivity index (χ2v) is 10.4. The van der Waals surface area contributed by atoms with Gasteiger partial charge in [-0.1, -0.05) is 41.4 Å². The van der Waals surface area contributed by atoms with E-state index in [0.29, 0.717) is 40.2 Å². The summed E-state index contributed by atoms with van der Waals surface area (Å²) in [4.78, 5) is 0.121. The van der Waals surface area contributed by atoms with Gasteiger partial charge in [0, 0.05) is 17.5 Å². The Morgan fingerprint density at radius 2 is 1.83 bits per heavy atom. The molecule has 1 aliphatic rings. The predicted octanol–water partition coefficient (Wildman–Crippen LogP) is 5.69. The van der Waals surface area contributed by atoms with E-state index in [1.54, 1.807) is 30.3 Å². The first kappa shape index (κ1) is 25.3. The highest BCUT2D eigenvalue weighted by atomic mass is 35.5. The third-order valence-electron chi connectivity index (χ3n) is 5.52. The van der Waals surface area contributed by atoms with Crippen LogP contribution in [-0.2, 0) is 10.0 Å². The Morgan fingerprint density at radius 1 is 1.06 bits per heavy atom. The van der Waals surface area contributed by atoms with Gasteiger partial charge in [0.15, 0.2) is 0 Å². The Hall–Kier alpha value is -2.78. The molecule has 1 heterocycles. The summed E-state index contributed by atoms with van der Waals surface area (Å²) < 4.78 is 39.1. The molecule has 35 heavy (non-hydrogen) atoms. The number of hydrogen-bond donors (Lipinski definition) is 1. The van der Waals surface area contributed by atoms with Gasteiger partial charge in [0.25, 0.3) is 0 Å². The summed E-state index contributed by atoms with van der Waals surface area (Å²) in [6.07, 6.45) is 0.508. The largest absolute Gasteiger partial charge is 0.497 e. The van der Waals surface area contributed by atoms with Crippen LogP contribution in [0.5, 0.6) is 11.5 Å². The van der Waals surface area contributed by atoms with Crippen molar-refractivity contribution in [2.24, 2.45) is 5.10 Å². The van der Waals surface area contributed by atoms with Gasteiger partial charge >= 0.3 is 0 Å². The summed E-state index contributed by atoms with van der Waals surface area (Å²) in [5.41, 5.74) is 2.34. The van der Waals surface area contributed by atoms with Crippen molar-refractivity contribution in [3.05, 3.63) is 82.3 Å². The van der Waals surface area contributed by atoms with E-state index in [1.807, 2.05) is 36.2 Å². The second-order valence-electron chi connectivity index (χ2n) is 7.83. The van der Waals surface area contributed by atoms with Crippen molar-refractivity contribution in [3.8, 4) is 11.5 Å². The van der Waals surface area contributed by atoms with Gasteiger partial charge in [-0.05, 0) is 55.0 Å². The van der Waals surface area contributed by atoms with E-state index in [9.17, 15) is 8.42 Å². The maximum absolute atomic E-state index is 12.9. The lowest BCUT2D eigenvalue weighted by Gasteiger charge is -2.25. The molecular formula is C25H25Cl2N3O4S. The number of halogens is 2. The van der Waals surface area contributed by atoms with Gasteiger partial charge in [0.1, 0.15) is 11.5 Å². The fraction of sp³-hybridized carbons (Fsp3) is 0.240. The second kappa shape index (κ2) is 10.9. The number of hydrazone groups is 1. The van der Waals surface area contributed by atoms with Crippen LogP contribution < -0.4 is 19.2 Å². The highest BCUT2D eigenvalue weighted by molar-refractivity contribution is 7.89. The van der Waals surface area contributed by atoms with Gasteiger partial charge in [0.2, 0.25) is 10.0 Å². The molecule has 184 valence electrons. The summed E-state index contributed by atoms with van der Waals surface area (Å²) in [5.74, 6) is 1.24. The van der Waals surface area contributed by atoms with E-state index in [1.165, 1.54) is 19.2 Å². The van der Waals surface area contributed by atoms with Crippen molar-refractivity contribution in [2.45, 2.75) is 24.3 Å². The van der Waals surface area contributed by atoms with Crippen LogP contribution >= 0.6 is 23.2 Å². The number of nitrogens with zero attached hydrogens (tertiary/aromatic N) is 2. The number of hydrogen-bond acceptors (Lipinski definition) is 6. The van der Waals surface area contributed by atoms with Crippen molar-refractivity contribution in [1.29, 1.82) is 0 Å². The van der Waals surface area contributed by atoms with Crippen LogP contribution in [-0.4, -0.2) is 34.4 Å². The molecule has 0 spiro atoms. The summed E-state index contributed by atoms with van der Waals surface area (Å²) in [6.45, 7) is 2.56. The van der Waals surface area contributed by atoms with Gasteiger partial charge in [-0.3, -0.25) is 5.01 Å². The molecule has 0 fully saturated rings. The molecule has 0 saturated carbocycles. The summed E-state index contributed by atoms with van der Waals surface area (Å²) in [7, 11) is -2.27. The van der Waals surface area contributed by atoms with Crippen LogP contribution in [0, 0.1) is 0 Å². The molecular weight excluding hydrogens is 509 g/mol. The Labute approximate surface area is 215 Å². The van der Waals surface area contributed by atoms with Crippen molar-refractivity contribution in [1.82, 2.24) is 4.72 Å². The van der Waals surface area contributed by atoms with E-state index in [2.05, 4.69) is 4.72 Å². The minimum absolute atomic E-state index is 0.0504. The molecule has 1 aliphatic heterocycles. The van der Waals surface area contributed by atoms with Crippen LogP contribution in [0.15, 0.2) is 76.7 Å². The molecule has 1 N–H and O–H groups in total. The summed E-state index contributed by atoms with van der Waals surface area (Å²) in [6, 6.07) is 19.1. The van der Waals surface area contributed by atoms with Crippen molar-refractivity contribution >= 4 is 44.6 Å². The Kier molecular flexibility index (Phi) is 7.86. The van der Waals surface area contributed by atoms with Crippen LogP contribution in [0.25, 0.3) is 0 Å². The number of methoxy groups -OCH3 is 1. The molecule has 0 bridgehead atoms. The minimum Gasteiger partial charge on any atom is -0.497 e. The van der Waals surface area contributed by atoms with E-state index in [0.717, 1.165) is 11.3 Å². The SMILES string of the molecule is CCOc1ccc(C2CC(CNS(=O)(=O)c3cccc(OC)c3)=NN2c2ccc(Cl)cc2Cl)cc1. The Morgan fingerprint density at radius 3 is 2.51 bits per heavy atom. The molecule has 0 saturated heterocycles. The molecule has 7 nitrogen and oxygen atoms in total. The predicted molar refractivity (Wildman–Crippen MR) is 140 cm³/mol. The van der Waals surface area contributed by atoms with E-state index < -0.39 is 10.0 Å². The molecule has 0 radical (unpaired) electrons. The molecule has 0 aliphatic carbocycles. The zero-order chi connectivity index (χ0) is 25.0. The van der Waals surface area contributed by atoms with Crippen LogP contribution in [0.4, 0.5) is 5.69 Å². The molecule has 1 unspecified atom stereocenters. The van der Waals surface area contributed by atoms with Crippen LogP contribution in [0.1, 0.15) is 24.9 Å². The van der Waals surface area contributed by atoms with Crippen molar-refractivity contribution < 1.29 is 17.9 Å². The lowest BCUT2D eigenvalue weighted by Crippen LogP contribution is -2.29.